The van der Waals surface area contributed by atoms with Crippen molar-refractivity contribution in [3.8, 4) is 0 Å². The zero-order valence-electron chi connectivity index (χ0n) is 11.3. The lowest BCUT2D eigenvalue weighted by Crippen LogP contribution is -2.65. The minimum Gasteiger partial charge on any atom is -0.387 e. The van der Waals surface area contributed by atoms with Crippen LogP contribution in [0.2, 0.25) is 0 Å². The zero-order valence-corrected chi connectivity index (χ0v) is 12.1. The first-order valence-electron chi connectivity index (χ1n) is 6.34. The van der Waals surface area contributed by atoms with Gasteiger partial charge in [-0.05, 0) is 13.8 Å². The van der Waals surface area contributed by atoms with E-state index in [4.69, 9.17) is 4.74 Å². The number of alkyl halides is 4. The van der Waals surface area contributed by atoms with E-state index in [1.165, 1.54) is 0 Å². The number of halogens is 4. The third-order valence-electron chi connectivity index (χ3n) is 3.47. The molecule has 3 N–H and O–H groups in total. The van der Waals surface area contributed by atoms with Crippen molar-refractivity contribution < 1.29 is 32.5 Å². The SMILES string of the molecule is CCNC1=N[C@@H]2[C@H](F)[C@H](O)[C@@H](C(C)(O)C(F)(F)F)O[C@@H]2S1. The minimum atomic E-state index is -5.06. The van der Waals surface area contributed by atoms with E-state index in [2.05, 4.69) is 10.3 Å². The molecule has 10 heteroatoms. The summed E-state index contributed by atoms with van der Waals surface area (Å²) in [5.74, 6) is 0. The van der Waals surface area contributed by atoms with Gasteiger partial charge >= 0.3 is 6.18 Å². The number of aliphatic imine (C=N–C) groups is 1. The summed E-state index contributed by atoms with van der Waals surface area (Å²) in [6.07, 6.45) is -11.3. The van der Waals surface area contributed by atoms with Gasteiger partial charge in [-0.25, -0.2) is 4.39 Å². The van der Waals surface area contributed by atoms with Gasteiger partial charge in [-0.15, -0.1) is 0 Å². The summed E-state index contributed by atoms with van der Waals surface area (Å²) in [5, 5.41) is 22.5. The van der Waals surface area contributed by atoms with Crippen LogP contribution in [0.4, 0.5) is 17.6 Å². The first kappa shape index (κ1) is 16.8. The van der Waals surface area contributed by atoms with Gasteiger partial charge in [-0.3, -0.25) is 4.99 Å². The number of amidine groups is 1. The molecule has 0 spiro atoms. The second-order valence-electron chi connectivity index (χ2n) is 5.08. The third-order valence-corrected chi connectivity index (χ3v) is 4.57. The number of nitrogens with zero attached hydrogens (tertiary/aromatic N) is 1. The molecule has 2 aliphatic rings. The zero-order chi connectivity index (χ0) is 16.0. The molecular weight excluding hydrogens is 316 g/mol. The lowest BCUT2D eigenvalue weighted by molar-refractivity contribution is -0.314. The van der Waals surface area contributed by atoms with Crippen LogP contribution in [0, 0.1) is 0 Å². The molecule has 1 unspecified atom stereocenters. The van der Waals surface area contributed by atoms with E-state index in [1.807, 2.05) is 0 Å². The maximum Gasteiger partial charge on any atom is 0.419 e. The fraction of sp³-hybridized carbons (Fsp3) is 0.909. The molecule has 0 amide bonds. The molecule has 0 aromatic carbocycles. The van der Waals surface area contributed by atoms with Crippen molar-refractivity contribution in [3.05, 3.63) is 0 Å². The highest BCUT2D eigenvalue weighted by molar-refractivity contribution is 8.14. The Kier molecular flexibility index (Phi) is 4.45. The Morgan fingerprint density at radius 1 is 1.43 bits per heavy atom. The number of fused-ring (bicyclic) bond motifs is 1. The third kappa shape index (κ3) is 2.86. The molecule has 2 heterocycles. The van der Waals surface area contributed by atoms with Gasteiger partial charge in [0, 0.05) is 6.54 Å². The van der Waals surface area contributed by atoms with E-state index < -0.39 is 41.6 Å². The van der Waals surface area contributed by atoms with E-state index in [0.717, 1.165) is 11.8 Å². The highest BCUT2D eigenvalue weighted by atomic mass is 32.2. The quantitative estimate of drug-likeness (QED) is 0.653. The van der Waals surface area contributed by atoms with Crippen molar-refractivity contribution in [2.75, 3.05) is 6.54 Å². The average molecular weight is 332 g/mol. The van der Waals surface area contributed by atoms with Crippen molar-refractivity contribution >= 4 is 16.9 Å². The highest BCUT2D eigenvalue weighted by Crippen LogP contribution is 2.44. The molecule has 0 bridgehead atoms. The number of aliphatic hydroxyl groups excluding tert-OH is 1. The molecule has 1 fully saturated rings. The number of ether oxygens (including phenoxy) is 1. The van der Waals surface area contributed by atoms with Gasteiger partial charge in [-0.1, -0.05) is 11.8 Å². The summed E-state index contributed by atoms with van der Waals surface area (Å²) in [5.41, 5.74) is -4.38. The van der Waals surface area contributed by atoms with Crippen LogP contribution in [0.25, 0.3) is 0 Å². The lowest BCUT2D eigenvalue weighted by atomic mass is 9.87. The van der Waals surface area contributed by atoms with Gasteiger partial charge in [0.2, 0.25) is 0 Å². The van der Waals surface area contributed by atoms with Crippen molar-refractivity contribution in [1.29, 1.82) is 0 Å². The van der Waals surface area contributed by atoms with Gasteiger partial charge in [0.1, 0.15) is 23.7 Å². The van der Waals surface area contributed by atoms with Crippen LogP contribution in [-0.4, -0.2) is 63.6 Å². The first-order chi connectivity index (χ1) is 9.59. The van der Waals surface area contributed by atoms with Crippen molar-refractivity contribution in [3.63, 3.8) is 0 Å². The second kappa shape index (κ2) is 5.56. The topological polar surface area (TPSA) is 74.1 Å². The molecule has 1 saturated heterocycles. The number of hydrogen-bond acceptors (Lipinski definition) is 6. The Bertz CT molecular complexity index is 432. The molecular formula is C11H16F4N2O3S. The van der Waals surface area contributed by atoms with Crippen LogP contribution in [0.5, 0.6) is 0 Å². The van der Waals surface area contributed by atoms with Crippen LogP contribution in [-0.2, 0) is 4.74 Å². The number of hydrogen-bond donors (Lipinski definition) is 3. The predicted octanol–water partition coefficient (Wildman–Crippen LogP) is 0.804. The van der Waals surface area contributed by atoms with Crippen LogP contribution >= 0.6 is 11.8 Å². The minimum absolute atomic E-state index is 0.342. The smallest absolute Gasteiger partial charge is 0.387 e. The Morgan fingerprint density at radius 3 is 2.57 bits per heavy atom. The fourth-order valence-electron chi connectivity index (χ4n) is 2.19. The van der Waals surface area contributed by atoms with Gasteiger partial charge in [0.15, 0.2) is 16.9 Å². The summed E-state index contributed by atoms with van der Waals surface area (Å²) in [6.45, 7) is 2.75. The number of aliphatic hydroxyl groups is 2. The van der Waals surface area contributed by atoms with Gasteiger partial charge in [0.05, 0.1) is 0 Å². The van der Waals surface area contributed by atoms with Crippen LogP contribution < -0.4 is 5.32 Å². The fourth-order valence-corrected chi connectivity index (χ4v) is 3.35. The maximum atomic E-state index is 14.2. The van der Waals surface area contributed by atoms with E-state index >= 15 is 0 Å². The summed E-state index contributed by atoms with van der Waals surface area (Å²) in [7, 11) is 0. The summed E-state index contributed by atoms with van der Waals surface area (Å²) in [6, 6.07) is -1.10. The van der Waals surface area contributed by atoms with E-state index in [-0.39, 0.29) is 0 Å². The van der Waals surface area contributed by atoms with E-state index in [1.54, 1.807) is 6.92 Å². The molecule has 0 aliphatic carbocycles. The van der Waals surface area contributed by atoms with Crippen LogP contribution in [0.3, 0.4) is 0 Å². The molecule has 2 aliphatic heterocycles. The van der Waals surface area contributed by atoms with Crippen molar-refractivity contribution in [1.82, 2.24) is 5.32 Å². The standard InChI is InChI=1S/C11H16F4N2O3S/c1-3-16-9-17-5-4(12)6(18)7(20-8(5)21-9)10(2,19)11(13,14)15/h4-8,18-19H,3H2,1-2H3,(H,16,17)/t4-,5+,6-,7-,8+,10?/m0/s1. The Balaban J connectivity index is 2.21. The number of thioether (sulfide) groups is 1. The molecule has 5 nitrogen and oxygen atoms in total. The Morgan fingerprint density at radius 2 is 2.05 bits per heavy atom. The number of rotatable bonds is 2. The lowest BCUT2D eigenvalue weighted by Gasteiger charge is -2.43. The molecule has 6 atom stereocenters. The largest absolute Gasteiger partial charge is 0.419 e. The molecule has 0 aromatic rings. The molecule has 0 saturated carbocycles. The predicted molar refractivity (Wildman–Crippen MR) is 68.7 cm³/mol. The summed E-state index contributed by atoms with van der Waals surface area (Å²) >= 11 is 0.943. The Hall–Kier alpha value is -0.580. The maximum absolute atomic E-state index is 14.2. The normalized spacial score (nSPS) is 39.4. The molecule has 0 aromatic heterocycles. The van der Waals surface area contributed by atoms with Crippen molar-refractivity contribution in [2.24, 2.45) is 4.99 Å². The van der Waals surface area contributed by atoms with Crippen LogP contribution in [0.15, 0.2) is 4.99 Å². The summed E-state index contributed by atoms with van der Waals surface area (Å²) < 4.78 is 57.8. The van der Waals surface area contributed by atoms with Crippen LogP contribution in [0.1, 0.15) is 13.8 Å². The first-order valence-corrected chi connectivity index (χ1v) is 7.22. The Labute approximate surface area is 122 Å². The molecule has 122 valence electrons. The summed E-state index contributed by atoms with van der Waals surface area (Å²) in [4.78, 5) is 3.96. The van der Waals surface area contributed by atoms with E-state index in [0.29, 0.717) is 18.6 Å². The number of nitrogens with one attached hydrogen (secondary N) is 1. The monoisotopic (exact) mass is 332 g/mol. The van der Waals surface area contributed by atoms with E-state index in [9.17, 15) is 27.8 Å². The van der Waals surface area contributed by atoms with Gasteiger partial charge < -0.3 is 20.3 Å². The average Bonchev–Trinajstić information content (AvgIpc) is 2.75. The molecule has 0 radical (unpaired) electrons. The molecule has 2 rings (SSSR count). The van der Waals surface area contributed by atoms with Gasteiger partial charge in [0.25, 0.3) is 0 Å². The van der Waals surface area contributed by atoms with Gasteiger partial charge in [-0.2, -0.15) is 13.2 Å². The highest BCUT2D eigenvalue weighted by Gasteiger charge is 2.63. The van der Waals surface area contributed by atoms with Crippen molar-refractivity contribution in [2.45, 2.75) is 55.5 Å². The molecule has 21 heavy (non-hydrogen) atoms. The second-order valence-corrected chi connectivity index (χ2v) is 6.17.